The molecule has 1 radical (unpaired) electrons. The molecule has 0 N–H and O–H groups in total. The first-order valence-corrected chi connectivity index (χ1v) is 6.86. The van der Waals surface area contributed by atoms with Gasteiger partial charge >= 0.3 is 0 Å². The summed E-state index contributed by atoms with van der Waals surface area (Å²) >= 11 is 5.93. The van der Waals surface area contributed by atoms with Crippen molar-refractivity contribution in [2.75, 3.05) is 18.5 Å². The quantitative estimate of drug-likeness (QED) is 0.813. The molecular weight excluding hydrogens is 256 g/mol. The van der Waals surface area contributed by atoms with E-state index in [1.165, 1.54) is 16.8 Å². The molecule has 3 rings (SSSR count). The molecule has 0 aliphatic carbocycles. The first-order valence-electron chi connectivity index (χ1n) is 6.48. The van der Waals surface area contributed by atoms with Crippen molar-refractivity contribution >= 4 is 23.0 Å². The largest absolute Gasteiger partial charge is 0.345 e. The van der Waals surface area contributed by atoms with Crippen LogP contribution in [0.1, 0.15) is 11.1 Å². The van der Waals surface area contributed by atoms with Gasteiger partial charge in [0.15, 0.2) is 0 Å². The lowest BCUT2D eigenvalue weighted by Crippen LogP contribution is -2.18. The molecule has 0 atom stereocenters. The number of rotatable bonds is 2. The highest BCUT2D eigenvalue weighted by Gasteiger charge is 2.11. The molecule has 0 amide bonds. The first-order chi connectivity index (χ1) is 9.24. The van der Waals surface area contributed by atoms with Crippen molar-refractivity contribution in [2.24, 2.45) is 0 Å². The molecule has 3 heteroatoms. The van der Waals surface area contributed by atoms with Crippen molar-refractivity contribution in [3.05, 3.63) is 58.6 Å². The summed E-state index contributed by atoms with van der Waals surface area (Å²) in [6.07, 6.45) is 1.07. The van der Waals surface area contributed by atoms with Crippen LogP contribution in [0.15, 0.2) is 42.5 Å². The van der Waals surface area contributed by atoms with Crippen LogP contribution in [0.3, 0.4) is 0 Å². The molecule has 0 spiro atoms. The molecule has 2 nitrogen and oxygen atoms in total. The summed E-state index contributed by atoms with van der Waals surface area (Å²) < 4.78 is 0. The highest BCUT2D eigenvalue weighted by molar-refractivity contribution is 6.30. The van der Waals surface area contributed by atoms with E-state index in [0.717, 1.165) is 30.2 Å². The van der Waals surface area contributed by atoms with E-state index < -0.39 is 0 Å². The molecule has 2 aromatic rings. The number of halogens is 1. The number of nitrogens with zero attached hydrogens (tertiary/aromatic N) is 2. The summed E-state index contributed by atoms with van der Waals surface area (Å²) in [7, 11) is 2.07. The smallest absolute Gasteiger partial charge is 0.0411 e. The Bertz CT molecular complexity index is 578. The Morgan fingerprint density at radius 1 is 1.00 bits per heavy atom. The predicted octanol–water partition coefficient (Wildman–Crippen LogP) is 3.77. The molecule has 2 aromatic carbocycles. The van der Waals surface area contributed by atoms with E-state index in [4.69, 9.17) is 11.6 Å². The maximum Gasteiger partial charge on any atom is 0.0411 e. The summed E-state index contributed by atoms with van der Waals surface area (Å²) in [6, 6.07) is 14.6. The van der Waals surface area contributed by atoms with Gasteiger partial charge in [-0.15, -0.1) is 0 Å². The monoisotopic (exact) mass is 271 g/mol. The van der Waals surface area contributed by atoms with Gasteiger partial charge in [0.25, 0.3) is 0 Å². The second-order valence-corrected chi connectivity index (χ2v) is 5.28. The molecule has 97 valence electrons. The normalized spacial score (nSPS) is 14.0. The van der Waals surface area contributed by atoms with Gasteiger partial charge in [0.1, 0.15) is 0 Å². The van der Waals surface area contributed by atoms with Crippen LogP contribution >= 0.6 is 11.6 Å². The molecule has 0 bridgehead atoms. The Labute approximate surface area is 119 Å². The van der Waals surface area contributed by atoms with Crippen molar-refractivity contribution in [2.45, 2.75) is 13.0 Å². The van der Waals surface area contributed by atoms with Crippen molar-refractivity contribution in [1.82, 2.24) is 5.32 Å². The minimum absolute atomic E-state index is 0.765. The topological polar surface area (TPSA) is 17.3 Å². The third-order valence-corrected chi connectivity index (χ3v) is 3.86. The maximum absolute atomic E-state index is 5.93. The molecule has 0 unspecified atom stereocenters. The Morgan fingerprint density at radius 3 is 2.53 bits per heavy atom. The summed E-state index contributed by atoms with van der Waals surface area (Å²) in [5.41, 5.74) is 5.11. The maximum atomic E-state index is 5.93. The van der Waals surface area contributed by atoms with Gasteiger partial charge < -0.3 is 4.90 Å². The number of hydrogen-bond donors (Lipinski definition) is 0. The zero-order valence-electron chi connectivity index (χ0n) is 10.9. The second-order valence-electron chi connectivity index (χ2n) is 4.84. The number of hydrogen-bond acceptors (Lipinski definition) is 1. The third-order valence-electron chi connectivity index (χ3n) is 3.61. The summed E-state index contributed by atoms with van der Waals surface area (Å²) in [5.74, 6) is 0. The summed E-state index contributed by atoms with van der Waals surface area (Å²) in [6.45, 7) is 1.80. The Hall–Kier alpha value is -1.51. The van der Waals surface area contributed by atoms with Crippen LogP contribution in [0.4, 0.5) is 11.4 Å². The van der Waals surface area contributed by atoms with Crippen LogP contribution in [-0.2, 0) is 13.0 Å². The highest BCUT2D eigenvalue weighted by atomic mass is 35.5. The van der Waals surface area contributed by atoms with Crippen molar-refractivity contribution in [3.63, 3.8) is 0 Å². The number of fused-ring (bicyclic) bond motifs is 1. The Balaban J connectivity index is 1.91. The van der Waals surface area contributed by atoms with Gasteiger partial charge in [-0.25, -0.2) is 5.32 Å². The fraction of sp³-hybridized carbons (Fsp3) is 0.250. The van der Waals surface area contributed by atoms with Crippen LogP contribution in [-0.4, -0.2) is 13.6 Å². The van der Waals surface area contributed by atoms with E-state index in [-0.39, 0.29) is 0 Å². The van der Waals surface area contributed by atoms with Crippen molar-refractivity contribution in [3.8, 4) is 0 Å². The molecule has 1 aliphatic rings. The molecule has 19 heavy (non-hydrogen) atoms. The standard InChI is InChI=1S/C16H16ClN2/c1-19(15-6-3-14(17)4-7-15)16-5-2-12-8-9-18-11-13(12)10-16/h2-7,10H,8-9,11H2,1H3. The molecule has 1 aliphatic heterocycles. The Morgan fingerprint density at radius 2 is 1.74 bits per heavy atom. The van der Waals surface area contributed by atoms with E-state index in [0.29, 0.717) is 0 Å². The lowest BCUT2D eigenvalue weighted by Gasteiger charge is -2.23. The predicted molar refractivity (Wildman–Crippen MR) is 80.4 cm³/mol. The third kappa shape index (κ3) is 2.60. The first kappa shape index (κ1) is 12.5. The lowest BCUT2D eigenvalue weighted by molar-refractivity contribution is 0.630. The average Bonchev–Trinajstić information content (AvgIpc) is 2.47. The van der Waals surface area contributed by atoms with Gasteiger partial charge in [0, 0.05) is 36.5 Å². The van der Waals surface area contributed by atoms with Crippen LogP contribution in [0.2, 0.25) is 5.02 Å². The number of benzene rings is 2. The molecule has 0 saturated heterocycles. The van der Waals surface area contributed by atoms with Gasteiger partial charge in [-0.2, -0.15) is 0 Å². The van der Waals surface area contributed by atoms with Crippen LogP contribution in [0.5, 0.6) is 0 Å². The summed E-state index contributed by atoms with van der Waals surface area (Å²) in [5, 5.41) is 5.23. The molecule has 1 heterocycles. The second kappa shape index (κ2) is 5.24. The lowest BCUT2D eigenvalue weighted by atomic mass is 10.00. The van der Waals surface area contributed by atoms with E-state index in [1.807, 2.05) is 24.3 Å². The summed E-state index contributed by atoms with van der Waals surface area (Å²) in [4.78, 5) is 2.17. The van der Waals surface area contributed by atoms with Gasteiger partial charge in [-0.1, -0.05) is 17.7 Å². The van der Waals surface area contributed by atoms with Crippen LogP contribution in [0, 0.1) is 0 Å². The van der Waals surface area contributed by atoms with E-state index >= 15 is 0 Å². The molecule has 0 aromatic heterocycles. The minimum atomic E-state index is 0.765. The van der Waals surface area contributed by atoms with Gasteiger partial charge in [0.2, 0.25) is 0 Å². The van der Waals surface area contributed by atoms with E-state index in [9.17, 15) is 0 Å². The van der Waals surface area contributed by atoms with Gasteiger partial charge in [0.05, 0.1) is 0 Å². The highest BCUT2D eigenvalue weighted by Crippen LogP contribution is 2.27. The van der Waals surface area contributed by atoms with Crippen molar-refractivity contribution in [1.29, 1.82) is 0 Å². The molecular formula is C16H16ClN2. The van der Waals surface area contributed by atoms with Gasteiger partial charge in [-0.3, -0.25) is 0 Å². The fourth-order valence-electron chi connectivity index (χ4n) is 2.42. The fourth-order valence-corrected chi connectivity index (χ4v) is 2.55. The zero-order valence-corrected chi connectivity index (χ0v) is 11.7. The zero-order chi connectivity index (χ0) is 13.2. The van der Waals surface area contributed by atoms with E-state index in [1.54, 1.807) is 0 Å². The minimum Gasteiger partial charge on any atom is -0.345 e. The molecule has 0 fully saturated rings. The SMILES string of the molecule is CN(c1ccc(Cl)cc1)c1ccc2c(c1)C[N]CC2. The van der Waals surface area contributed by atoms with Crippen LogP contribution < -0.4 is 10.2 Å². The van der Waals surface area contributed by atoms with Gasteiger partial charge in [-0.05, 0) is 53.9 Å². The number of anilines is 2. The average molecular weight is 272 g/mol. The molecule has 0 saturated carbocycles. The van der Waals surface area contributed by atoms with Crippen molar-refractivity contribution < 1.29 is 0 Å². The van der Waals surface area contributed by atoms with E-state index in [2.05, 4.69) is 35.5 Å². The Kier molecular flexibility index (Phi) is 3.45. The van der Waals surface area contributed by atoms with Crippen LogP contribution in [0.25, 0.3) is 0 Å².